The second kappa shape index (κ2) is 6.24. The lowest BCUT2D eigenvalue weighted by Gasteiger charge is -2.29. The first kappa shape index (κ1) is 12.7. The van der Waals surface area contributed by atoms with Crippen molar-refractivity contribution in [2.24, 2.45) is 5.92 Å². The summed E-state index contributed by atoms with van der Waals surface area (Å²) in [7, 11) is 0. The van der Waals surface area contributed by atoms with Crippen molar-refractivity contribution in [1.82, 2.24) is 10.2 Å². The van der Waals surface area contributed by atoms with Gasteiger partial charge in [-0.15, -0.1) is 0 Å². The van der Waals surface area contributed by atoms with Crippen LogP contribution in [0.1, 0.15) is 44.9 Å². The van der Waals surface area contributed by atoms with Gasteiger partial charge in [0.05, 0.1) is 0 Å². The summed E-state index contributed by atoms with van der Waals surface area (Å²) >= 11 is 0. The van der Waals surface area contributed by atoms with Crippen LogP contribution in [0.3, 0.4) is 0 Å². The van der Waals surface area contributed by atoms with Crippen molar-refractivity contribution >= 4 is 6.09 Å². The van der Waals surface area contributed by atoms with Crippen LogP contribution < -0.4 is 5.32 Å². The summed E-state index contributed by atoms with van der Waals surface area (Å²) in [6.45, 7) is 3.83. The number of hydrogen-bond donors (Lipinski definition) is 2. The average molecular weight is 240 g/mol. The number of nitrogens with zero attached hydrogens (tertiary/aromatic N) is 1. The van der Waals surface area contributed by atoms with Crippen LogP contribution in [0.2, 0.25) is 0 Å². The van der Waals surface area contributed by atoms with E-state index in [1.807, 2.05) is 0 Å². The van der Waals surface area contributed by atoms with E-state index in [-0.39, 0.29) is 6.04 Å². The van der Waals surface area contributed by atoms with Crippen LogP contribution in [-0.2, 0) is 0 Å². The summed E-state index contributed by atoms with van der Waals surface area (Å²) in [6, 6.07) is 0.204. The number of likely N-dealkylation sites (tertiary alicyclic amines) is 1. The van der Waals surface area contributed by atoms with E-state index in [1.54, 1.807) is 0 Å². The highest BCUT2D eigenvalue weighted by Gasteiger charge is 2.23. The fourth-order valence-electron chi connectivity index (χ4n) is 3.14. The van der Waals surface area contributed by atoms with Gasteiger partial charge < -0.3 is 15.3 Å². The molecule has 2 aliphatic rings. The van der Waals surface area contributed by atoms with Crippen molar-refractivity contribution in [3.63, 3.8) is 0 Å². The molecule has 0 bridgehead atoms. The van der Waals surface area contributed by atoms with Gasteiger partial charge in [0.15, 0.2) is 0 Å². The van der Waals surface area contributed by atoms with Crippen LogP contribution in [0.5, 0.6) is 0 Å². The third-order valence-electron chi connectivity index (χ3n) is 4.23. The zero-order chi connectivity index (χ0) is 12.1. The third-order valence-corrected chi connectivity index (χ3v) is 4.23. The maximum Gasteiger partial charge on any atom is 0.404 e. The van der Waals surface area contributed by atoms with E-state index in [0.29, 0.717) is 0 Å². The molecule has 1 saturated carbocycles. The van der Waals surface area contributed by atoms with E-state index < -0.39 is 6.09 Å². The molecule has 1 saturated heterocycles. The monoisotopic (exact) mass is 240 g/mol. The minimum atomic E-state index is -0.870. The van der Waals surface area contributed by atoms with Crippen molar-refractivity contribution in [1.29, 1.82) is 0 Å². The lowest BCUT2D eigenvalue weighted by atomic mass is 9.84. The maximum absolute atomic E-state index is 10.5. The Morgan fingerprint density at radius 2 is 1.82 bits per heavy atom. The van der Waals surface area contributed by atoms with Crippen molar-refractivity contribution < 1.29 is 9.90 Å². The zero-order valence-electron chi connectivity index (χ0n) is 10.5. The van der Waals surface area contributed by atoms with Crippen molar-refractivity contribution in [3.8, 4) is 0 Å². The third kappa shape index (κ3) is 4.19. The largest absolute Gasteiger partial charge is 0.465 e. The molecule has 1 amide bonds. The smallest absolute Gasteiger partial charge is 0.404 e. The van der Waals surface area contributed by atoms with Crippen molar-refractivity contribution in [3.05, 3.63) is 0 Å². The Balaban J connectivity index is 1.60. The van der Waals surface area contributed by atoms with Crippen LogP contribution in [0.15, 0.2) is 0 Å². The van der Waals surface area contributed by atoms with E-state index in [4.69, 9.17) is 5.11 Å². The number of carboxylic acid groups (broad SMARTS) is 1. The van der Waals surface area contributed by atoms with Crippen LogP contribution >= 0.6 is 0 Å². The summed E-state index contributed by atoms with van der Waals surface area (Å²) in [5.41, 5.74) is 0. The summed E-state index contributed by atoms with van der Waals surface area (Å²) in [5, 5.41) is 11.3. The molecular weight excluding hydrogens is 216 g/mol. The molecule has 0 aromatic rings. The lowest BCUT2D eigenvalue weighted by molar-refractivity contribution is 0.180. The van der Waals surface area contributed by atoms with Gasteiger partial charge in [0, 0.05) is 6.04 Å². The Labute approximate surface area is 103 Å². The molecular formula is C13H24N2O2. The molecule has 17 heavy (non-hydrogen) atoms. The normalized spacial score (nSPS) is 30.4. The Bertz CT molecular complexity index is 244. The molecule has 4 nitrogen and oxygen atoms in total. The van der Waals surface area contributed by atoms with E-state index in [0.717, 1.165) is 18.8 Å². The summed E-state index contributed by atoms with van der Waals surface area (Å²) in [5.74, 6) is 0.822. The van der Waals surface area contributed by atoms with Crippen molar-refractivity contribution in [2.75, 3.05) is 19.6 Å². The second-order valence-corrected chi connectivity index (χ2v) is 5.50. The minimum absolute atomic E-state index is 0.204. The Morgan fingerprint density at radius 1 is 1.18 bits per heavy atom. The fraction of sp³-hybridized carbons (Fsp3) is 0.923. The predicted octanol–water partition coefficient (Wildman–Crippen LogP) is 2.30. The highest BCUT2D eigenvalue weighted by molar-refractivity contribution is 5.64. The van der Waals surface area contributed by atoms with E-state index >= 15 is 0 Å². The van der Waals surface area contributed by atoms with Crippen LogP contribution in [0.25, 0.3) is 0 Å². The predicted molar refractivity (Wildman–Crippen MR) is 67.2 cm³/mol. The van der Waals surface area contributed by atoms with Crippen LogP contribution in [0, 0.1) is 5.92 Å². The fourth-order valence-corrected chi connectivity index (χ4v) is 3.14. The highest BCUT2D eigenvalue weighted by Crippen LogP contribution is 2.27. The molecule has 1 aliphatic carbocycles. The Hall–Kier alpha value is -0.770. The van der Waals surface area contributed by atoms with Gasteiger partial charge in [-0.2, -0.15) is 0 Å². The maximum atomic E-state index is 10.5. The Morgan fingerprint density at radius 3 is 2.41 bits per heavy atom. The molecule has 0 spiro atoms. The van der Waals surface area contributed by atoms with Crippen molar-refractivity contribution in [2.45, 2.75) is 51.0 Å². The molecule has 0 unspecified atom stereocenters. The van der Waals surface area contributed by atoms with Gasteiger partial charge in [-0.3, -0.25) is 0 Å². The highest BCUT2D eigenvalue weighted by atomic mass is 16.4. The summed E-state index contributed by atoms with van der Waals surface area (Å²) < 4.78 is 0. The van der Waals surface area contributed by atoms with Gasteiger partial charge in [-0.1, -0.05) is 0 Å². The van der Waals surface area contributed by atoms with Crippen LogP contribution in [0.4, 0.5) is 4.79 Å². The van der Waals surface area contributed by atoms with Gasteiger partial charge >= 0.3 is 6.09 Å². The van der Waals surface area contributed by atoms with Gasteiger partial charge in [0.2, 0.25) is 0 Å². The molecule has 4 heteroatoms. The van der Waals surface area contributed by atoms with Crippen LogP contribution in [-0.4, -0.2) is 41.8 Å². The number of nitrogens with one attached hydrogen (secondary N) is 1. The molecule has 98 valence electrons. The van der Waals surface area contributed by atoms with Gasteiger partial charge in [-0.25, -0.2) is 4.79 Å². The quantitative estimate of drug-likeness (QED) is 0.792. The number of rotatable bonds is 4. The molecule has 2 fully saturated rings. The Kier molecular flexibility index (Phi) is 4.66. The number of carbonyl (C=O) groups is 1. The first-order valence-electron chi connectivity index (χ1n) is 6.96. The topological polar surface area (TPSA) is 52.6 Å². The summed E-state index contributed by atoms with van der Waals surface area (Å²) in [6.07, 6.45) is 7.61. The van der Waals surface area contributed by atoms with E-state index in [2.05, 4.69) is 10.2 Å². The van der Waals surface area contributed by atoms with E-state index in [9.17, 15) is 4.79 Å². The van der Waals surface area contributed by atoms with Gasteiger partial charge in [0.1, 0.15) is 0 Å². The van der Waals surface area contributed by atoms with Gasteiger partial charge in [0.25, 0.3) is 0 Å². The number of amides is 1. The standard InChI is InChI=1S/C13H24N2O2/c16-13(17)14-12-5-3-11(4-6-12)7-10-15-8-1-2-9-15/h11-12,14H,1-10H2,(H,16,17). The molecule has 2 rings (SSSR count). The minimum Gasteiger partial charge on any atom is -0.465 e. The van der Waals surface area contributed by atoms with E-state index in [1.165, 1.54) is 51.7 Å². The SMILES string of the molecule is O=C(O)NC1CCC(CCN2CCCC2)CC1. The molecule has 0 aromatic carbocycles. The zero-order valence-corrected chi connectivity index (χ0v) is 10.5. The number of hydrogen-bond acceptors (Lipinski definition) is 2. The first-order chi connectivity index (χ1) is 8.24. The molecule has 0 aromatic heterocycles. The molecule has 1 heterocycles. The molecule has 0 radical (unpaired) electrons. The lowest BCUT2D eigenvalue weighted by Crippen LogP contribution is -2.37. The second-order valence-electron chi connectivity index (χ2n) is 5.50. The first-order valence-corrected chi connectivity index (χ1v) is 6.96. The average Bonchev–Trinajstić information content (AvgIpc) is 2.80. The molecule has 0 atom stereocenters. The molecule has 2 N–H and O–H groups in total. The molecule has 1 aliphatic heterocycles. The summed E-state index contributed by atoms with van der Waals surface area (Å²) in [4.78, 5) is 13.1. The van der Waals surface area contributed by atoms with Gasteiger partial charge in [-0.05, 0) is 70.5 Å².